The van der Waals surface area contributed by atoms with E-state index in [0.29, 0.717) is 31.7 Å². The molecule has 1 fully saturated rings. The SMILES string of the molecule is CCCOc1ccc(/C(O)=C2/C(=O)C(=O)N(CCCOC)C2c2cccc3ccccc23)cc1C. The van der Waals surface area contributed by atoms with Gasteiger partial charge in [0.25, 0.3) is 11.7 Å². The molecule has 35 heavy (non-hydrogen) atoms. The van der Waals surface area contributed by atoms with Crippen LogP contribution in [0.4, 0.5) is 0 Å². The Kier molecular flexibility index (Phi) is 7.51. The number of aryl methyl sites for hydroxylation is 1. The van der Waals surface area contributed by atoms with Crippen molar-refractivity contribution in [3.05, 3.63) is 82.9 Å². The summed E-state index contributed by atoms with van der Waals surface area (Å²) in [5, 5.41) is 13.3. The molecule has 0 saturated carbocycles. The van der Waals surface area contributed by atoms with Crippen molar-refractivity contribution < 1.29 is 24.2 Å². The molecule has 182 valence electrons. The van der Waals surface area contributed by atoms with E-state index in [2.05, 4.69) is 0 Å². The highest BCUT2D eigenvalue weighted by molar-refractivity contribution is 6.46. The van der Waals surface area contributed by atoms with E-state index in [1.54, 1.807) is 30.2 Å². The standard InChI is InChI=1S/C29H31NO5/c1-4-16-35-24-14-13-21(18-19(24)2)27(31)25-26(30(15-8-17-34-3)29(33)28(25)32)23-12-7-10-20-9-5-6-11-22(20)23/h5-7,9-14,18,26,31H,4,8,15-17H2,1-3H3/b27-25-. The highest BCUT2D eigenvalue weighted by Crippen LogP contribution is 2.42. The summed E-state index contributed by atoms with van der Waals surface area (Å²) in [6, 6.07) is 18.3. The lowest BCUT2D eigenvalue weighted by Crippen LogP contribution is -2.31. The van der Waals surface area contributed by atoms with Crippen LogP contribution in [0, 0.1) is 6.92 Å². The first kappa shape index (κ1) is 24.5. The number of hydrogen-bond acceptors (Lipinski definition) is 5. The summed E-state index contributed by atoms with van der Waals surface area (Å²) in [4.78, 5) is 28.0. The van der Waals surface area contributed by atoms with E-state index in [-0.39, 0.29) is 11.3 Å². The van der Waals surface area contributed by atoms with Gasteiger partial charge in [0.1, 0.15) is 11.5 Å². The van der Waals surface area contributed by atoms with Crippen LogP contribution >= 0.6 is 0 Å². The van der Waals surface area contributed by atoms with E-state index in [1.807, 2.05) is 56.3 Å². The number of rotatable bonds is 9. The molecular formula is C29H31NO5. The highest BCUT2D eigenvalue weighted by Gasteiger charge is 2.46. The molecule has 0 aliphatic carbocycles. The van der Waals surface area contributed by atoms with Crippen molar-refractivity contribution in [2.75, 3.05) is 26.9 Å². The summed E-state index contributed by atoms with van der Waals surface area (Å²) < 4.78 is 10.9. The zero-order valence-electron chi connectivity index (χ0n) is 20.4. The smallest absolute Gasteiger partial charge is 0.295 e. The molecule has 1 aliphatic heterocycles. The van der Waals surface area contributed by atoms with Gasteiger partial charge in [0, 0.05) is 25.8 Å². The van der Waals surface area contributed by atoms with Gasteiger partial charge in [-0.2, -0.15) is 0 Å². The minimum absolute atomic E-state index is 0.102. The summed E-state index contributed by atoms with van der Waals surface area (Å²) in [6.45, 7) is 5.33. The first-order valence-corrected chi connectivity index (χ1v) is 12.0. The van der Waals surface area contributed by atoms with E-state index in [4.69, 9.17) is 9.47 Å². The van der Waals surface area contributed by atoms with Gasteiger partial charge in [0.05, 0.1) is 18.2 Å². The Morgan fingerprint density at radius 1 is 1.03 bits per heavy atom. The largest absolute Gasteiger partial charge is 0.507 e. The van der Waals surface area contributed by atoms with Crippen molar-refractivity contribution in [3.8, 4) is 5.75 Å². The molecule has 1 atom stereocenters. The number of methoxy groups -OCH3 is 1. The fraction of sp³-hybridized carbons (Fsp3) is 0.310. The van der Waals surface area contributed by atoms with Crippen LogP contribution in [0.25, 0.3) is 16.5 Å². The molecule has 3 aromatic carbocycles. The van der Waals surface area contributed by atoms with E-state index in [1.165, 1.54) is 0 Å². The Hall–Kier alpha value is -3.64. The summed E-state index contributed by atoms with van der Waals surface area (Å²) in [6.07, 6.45) is 1.46. The van der Waals surface area contributed by atoms with Crippen molar-refractivity contribution in [2.45, 2.75) is 32.7 Å². The maximum Gasteiger partial charge on any atom is 0.295 e. The number of hydrogen-bond donors (Lipinski definition) is 1. The first-order chi connectivity index (χ1) is 17.0. The van der Waals surface area contributed by atoms with E-state index in [9.17, 15) is 14.7 Å². The second kappa shape index (κ2) is 10.7. The van der Waals surface area contributed by atoms with Crippen LogP contribution in [0.3, 0.4) is 0 Å². The van der Waals surface area contributed by atoms with Gasteiger partial charge in [0.2, 0.25) is 0 Å². The molecule has 1 N–H and O–H groups in total. The lowest BCUT2D eigenvalue weighted by atomic mass is 9.91. The molecule has 1 aliphatic rings. The summed E-state index contributed by atoms with van der Waals surface area (Å²) >= 11 is 0. The Morgan fingerprint density at radius 2 is 1.80 bits per heavy atom. The molecule has 3 aromatic rings. The highest BCUT2D eigenvalue weighted by atomic mass is 16.5. The second-order valence-electron chi connectivity index (χ2n) is 8.74. The Balaban J connectivity index is 1.86. The van der Waals surface area contributed by atoms with Gasteiger partial charge in [-0.05, 0) is 59.9 Å². The third kappa shape index (κ3) is 4.80. The Morgan fingerprint density at radius 3 is 2.54 bits per heavy atom. The van der Waals surface area contributed by atoms with Crippen LogP contribution in [-0.4, -0.2) is 48.6 Å². The molecule has 6 heteroatoms. The van der Waals surface area contributed by atoms with Crippen molar-refractivity contribution in [3.63, 3.8) is 0 Å². The number of ether oxygens (including phenoxy) is 2. The number of likely N-dealkylation sites (tertiary alicyclic amines) is 1. The van der Waals surface area contributed by atoms with Crippen molar-refractivity contribution in [2.24, 2.45) is 0 Å². The van der Waals surface area contributed by atoms with Gasteiger partial charge in [0.15, 0.2) is 0 Å². The van der Waals surface area contributed by atoms with Crippen LogP contribution in [0.1, 0.15) is 42.5 Å². The molecule has 1 amide bonds. The number of fused-ring (bicyclic) bond motifs is 1. The number of nitrogens with zero attached hydrogens (tertiary/aromatic N) is 1. The predicted molar refractivity (Wildman–Crippen MR) is 136 cm³/mol. The van der Waals surface area contributed by atoms with Crippen LogP contribution < -0.4 is 4.74 Å². The van der Waals surface area contributed by atoms with Crippen LogP contribution in [0.15, 0.2) is 66.2 Å². The van der Waals surface area contributed by atoms with Crippen molar-refractivity contribution in [1.82, 2.24) is 4.90 Å². The van der Waals surface area contributed by atoms with E-state index in [0.717, 1.165) is 34.1 Å². The number of carbonyl (C=O) groups excluding carboxylic acids is 2. The van der Waals surface area contributed by atoms with Gasteiger partial charge in [-0.15, -0.1) is 0 Å². The fourth-order valence-electron chi connectivity index (χ4n) is 4.63. The third-order valence-corrected chi connectivity index (χ3v) is 6.32. The van der Waals surface area contributed by atoms with Crippen LogP contribution in [-0.2, 0) is 14.3 Å². The molecule has 0 radical (unpaired) electrons. The van der Waals surface area contributed by atoms with Crippen LogP contribution in [0.2, 0.25) is 0 Å². The molecule has 1 heterocycles. The Bertz CT molecular complexity index is 1270. The zero-order chi connectivity index (χ0) is 24.9. The van der Waals surface area contributed by atoms with Gasteiger partial charge >= 0.3 is 0 Å². The first-order valence-electron chi connectivity index (χ1n) is 12.0. The normalized spacial score (nSPS) is 17.3. The van der Waals surface area contributed by atoms with Crippen LogP contribution in [0.5, 0.6) is 5.75 Å². The summed E-state index contributed by atoms with van der Waals surface area (Å²) in [7, 11) is 1.60. The maximum absolute atomic E-state index is 13.3. The summed E-state index contributed by atoms with van der Waals surface area (Å²) in [5.41, 5.74) is 2.23. The quantitative estimate of drug-likeness (QED) is 0.195. The van der Waals surface area contributed by atoms with Gasteiger partial charge in [-0.1, -0.05) is 49.4 Å². The van der Waals surface area contributed by atoms with Gasteiger partial charge < -0.3 is 19.5 Å². The average Bonchev–Trinajstić information content (AvgIpc) is 3.12. The molecule has 0 bridgehead atoms. The molecule has 1 saturated heterocycles. The molecule has 6 nitrogen and oxygen atoms in total. The molecule has 4 rings (SSSR count). The maximum atomic E-state index is 13.3. The average molecular weight is 474 g/mol. The Labute approximate surface area is 205 Å². The molecular weight excluding hydrogens is 442 g/mol. The third-order valence-electron chi connectivity index (χ3n) is 6.32. The number of carbonyl (C=O) groups is 2. The molecule has 1 unspecified atom stereocenters. The van der Waals surface area contributed by atoms with E-state index < -0.39 is 17.7 Å². The van der Waals surface area contributed by atoms with Gasteiger partial charge in [-0.3, -0.25) is 9.59 Å². The molecule has 0 aromatic heterocycles. The lowest BCUT2D eigenvalue weighted by Gasteiger charge is -2.26. The minimum atomic E-state index is -0.700. The number of benzene rings is 3. The lowest BCUT2D eigenvalue weighted by molar-refractivity contribution is -0.140. The van der Waals surface area contributed by atoms with Crippen molar-refractivity contribution >= 4 is 28.2 Å². The monoisotopic (exact) mass is 473 g/mol. The van der Waals surface area contributed by atoms with E-state index >= 15 is 0 Å². The number of ketones is 1. The fourth-order valence-corrected chi connectivity index (χ4v) is 4.63. The number of Topliss-reactive ketones (excluding diaryl/α,β-unsaturated/α-hetero) is 1. The molecule has 0 spiro atoms. The van der Waals surface area contributed by atoms with Crippen molar-refractivity contribution in [1.29, 1.82) is 0 Å². The number of aliphatic hydroxyl groups excluding tert-OH is 1. The number of amides is 1. The second-order valence-corrected chi connectivity index (χ2v) is 8.74. The zero-order valence-corrected chi connectivity index (χ0v) is 20.4. The van der Waals surface area contributed by atoms with Gasteiger partial charge in [-0.25, -0.2) is 0 Å². The number of aliphatic hydroxyl groups is 1. The minimum Gasteiger partial charge on any atom is -0.507 e. The summed E-state index contributed by atoms with van der Waals surface area (Å²) in [5.74, 6) is -0.739. The topological polar surface area (TPSA) is 76.1 Å². The predicted octanol–water partition coefficient (Wildman–Crippen LogP) is 5.40.